The van der Waals surface area contributed by atoms with Crippen LogP contribution in [0.4, 0.5) is 17.1 Å². The van der Waals surface area contributed by atoms with E-state index in [0.29, 0.717) is 5.92 Å². The largest absolute Gasteiger partial charge is 0.311 e. The van der Waals surface area contributed by atoms with Crippen LogP contribution in [0.25, 0.3) is 22.3 Å². The topological polar surface area (TPSA) is 3.24 Å². The minimum absolute atomic E-state index is 0.0983. The normalized spacial score (nSPS) is 13.5. The first-order valence-electron chi connectivity index (χ1n) is 21.3. The minimum atomic E-state index is 0.0983. The van der Waals surface area contributed by atoms with Gasteiger partial charge < -0.3 is 4.90 Å². The highest BCUT2D eigenvalue weighted by molar-refractivity contribution is 5.85. The third-order valence-electron chi connectivity index (χ3n) is 12.3. The van der Waals surface area contributed by atoms with E-state index >= 15 is 0 Å². The number of benzene rings is 5. The first-order chi connectivity index (χ1) is 26.0. The van der Waals surface area contributed by atoms with Crippen LogP contribution in [0.1, 0.15) is 152 Å². The molecule has 0 saturated heterocycles. The number of rotatable bonds is 20. The molecule has 1 atom stereocenters. The van der Waals surface area contributed by atoms with Gasteiger partial charge in [0.15, 0.2) is 0 Å². The average molecular weight is 704 g/mol. The van der Waals surface area contributed by atoms with E-state index in [2.05, 4.69) is 155 Å². The summed E-state index contributed by atoms with van der Waals surface area (Å²) in [6, 6.07) is 44.3. The van der Waals surface area contributed by atoms with Crippen LogP contribution in [0, 0.1) is 6.92 Å². The lowest BCUT2D eigenvalue weighted by molar-refractivity contribution is 0.398. The molecule has 0 spiro atoms. The van der Waals surface area contributed by atoms with Crippen molar-refractivity contribution in [3.05, 3.63) is 138 Å². The van der Waals surface area contributed by atoms with Gasteiger partial charge in [-0.1, -0.05) is 183 Å². The van der Waals surface area contributed by atoms with Crippen molar-refractivity contribution in [1.29, 1.82) is 0 Å². The molecule has 1 aliphatic carbocycles. The van der Waals surface area contributed by atoms with Gasteiger partial charge in [0, 0.05) is 22.5 Å². The smallest absolute Gasteiger partial charge is 0.0462 e. The second-order valence-corrected chi connectivity index (χ2v) is 16.0. The number of nitrogens with zero attached hydrogens (tertiary/aromatic N) is 1. The Hall–Kier alpha value is -4.10. The number of anilines is 3. The first kappa shape index (κ1) is 38.6. The van der Waals surface area contributed by atoms with Gasteiger partial charge in [0.05, 0.1) is 0 Å². The summed E-state index contributed by atoms with van der Waals surface area (Å²) in [7, 11) is 0. The molecule has 5 aromatic carbocycles. The van der Waals surface area contributed by atoms with Crippen molar-refractivity contribution in [3.8, 4) is 22.3 Å². The molecule has 0 aromatic heterocycles. The predicted molar refractivity (Wildman–Crippen MR) is 232 cm³/mol. The molecule has 0 bridgehead atoms. The zero-order valence-electron chi connectivity index (χ0n) is 33.6. The molecule has 5 aromatic rings. The lowest BCUT2D eigenvalue weighted by atomic mass is 9.70. The molecule has 1 nitrogen and oxygen atoms in total. The number of aryl methyl sites for hydroxylation is 1. The molecule has 1 unspecified atom stereocenters. The third kappa shape index (κ3) is 9.00. The van der Waals surface area contributed by atoms with Crippen LogP contribution in [0.3, 0.4) is 0 Å². The molecule has 0 radical (unpaired) electrons. The maximum atomic E-state index is 2.59. The van der Waals surface area contributed by atoms with Crippen LogP contribution < -0.4 is 4.90 Å². The lowest BCUT2D eigenvalue weighted by Crippen LogP contribution is -2.25. The van der Waals surface area contributed by atoms with Gasteiger partial charge in [0.1, 0.15) is 0 Å². The molecule has 278 valence electrons. The van der Waals surface area contributed by atoms with Crippen LogP contribution in [0.15, 0.2) is 115 Å². The summed E-state index contributed by atoms with van der Waals surface area (Å²) in [6.45, 7) is 11.4. The molecular weight excluding hydrogens is 639 g/mol. The van der Waals surface area contributed by atoms with Crippen LogP contribution in [-0.2, 0) is 5.41 Å². The zero-order chi connectivity index (χ0) is 37.0. The van der Waals surface area contributed by atoms with Gasteiger partial charge in [-0.2, -0.15) is 0 Å². The fourth-order valence-corrected chi connectivity index (χ4v) is 8.84. The maximum Gasteiger partial charge on any atom is 0.0462 e. The highest BCUT2D eigenvalue weighted by atomic mass is 15.1. The monoisotopic (exact) mass is 704 g/mol. The van der Waals surface area contributed by atoms with E-state index in [0.717, 1.165) is 6.42 Å². The van der Waals surface area contributed by atoms with Crippen molar-refractivity contribution in [2.24, 2.45) is 0 Å². The summed E-state index contributed by atoms with van der Waals surface area (Å²) in [4.78, 5) is 2.40. The molecule has 0 saturated carbocycles. The quantitative estimate of drug-likeness (QED) is 0.0730. The SMILES string of the molecule is CCCCCCCCC1(CCCCCCCC)c2ccccc2-c2ccc(-c3ccc(N(c4ccc(C)cc4)c4ccc(C(C)CC)cc4)cc3)cc21. The molecule has 0 N–H and O–H groups in total. The Morgan fingerprint density at radius 3 is 1.57 bits per heavy atom. The van der Waals surface area contributed by atoms with E-state index in [9.17, 15) is 0 Å². The van der Waals surface area contributed by atoms with E-state index in [4.69, 9.17) is 0 Å². The Morgan fingerprint density at radius 2 is 0.981 bits per heavy atom. The number of fused-ring (bicyclic) bond motifs is 3. The fraction of sp³-hybridized carbons (Fsp3) is 0.423. The Morgan fingerprint density at radius 1 is 0.491 bits per heavy atom. The van der Waals surface area contributed by atoms with Crippen molar-refractivity contribution in [3.63, 3.8) is 0 Å². The van der Waals surface area contributed by atoms with Gasteiger partial charge in [0.25, 0.3) is 0 Å². The third-order valence-corrected chi connectivity index (χ3v) is 12.3. The van der Waals surface area contributed by atoms with Crippen LogP contribution in [0.2, 0.25) is 0 Å². The highest BCUT2D eigenvalue weighted by Crippen LogP contribution is 2.55. The number of hydrogen-bond acceptors (Lipinski definition) is 1. The van der Waals surface area contributed by atoms with Crippen molar-refractivity contribution >= 4 is 17.1 Å². The van der Waals surface area contributed by atoms with Gasteiger partial charge in [-0.15, -0.1) is 0 Å². The Labute approximate surface area is 322 Å². The molecule has 6 rings (SSSR count). The standard InChI is InChI=1S/C52H65N/c1-6-9-11-13-15-19-37-52(38-20-16-14-12-10-7-2)50-22-18-17-21-48(50)49-36-29-44(39-51(49)52)43-27-34-47(35-28-43)53(45-30-23-40(4)24-31-45)46-32-25-42(26-33-46)41(5)8-3/h17-18,21-36,39,41H,6-16,19-20,37-38H2,1-5H3. The average Bonchev–Trinajstić information content (AvgIpc) is 3.47. The van der Waals surface area contributed by atoms with Gasteiger partial charge in [-0.25, -0.2) is 0 Å². The molecular formula is C52H65N. The fourth-order valence-electron chi connectivity index (χ4n) is 8.84. The van der Waals surface area contributed by atoms with Gasteiger partial charge in [0.2, 0.25) is 0 Å². The van der Waals surface area contributed by atoms with E-state index in [1.54, 1.807) is 11.1 Å². The van der Waals surface area contributed by atoms with Gasteiger partial charge in [-0.3, -0.25) is 0 Å². The van der Waals surface area contributed by atoms with E-state index < -0.39 is 0 Å². The van der Waals surface area contributed by atoms with Crippen molar-refractivity contribution in [1.82, 2.24) is 0 Å². The van der Waals surface area contributed by atoms with E-state index in [-0.39, 0.29) is 5.41 Å². The molecule has 53 heavy (non-hydrogen) atoms. The Balaban J connectivity index is 1.33. The lowest BCUT2D eigenvalue weighted by Gasteiger charge is -2.33. The van der Waals surface area contributed by atoms with Crippen LogP contribution in [-0.4, -0.2) is 0 Å². The summed E-state index contributed by atoms with van der Waals surface area (Å²) in [5.41, 5.74) is 15.0. The predicted octanol–water partition coefficient (Wildman–Crippen LogP) is 16.4. The van der Waals surface area contributed by atoms with Crippen molar-refractivity contribution in [2.75, 3.05) is 4.90 Å². The first-order valence-corrected chi connectivity index (χ1v) is 21.3. The molecule has 1 heteroatoms. The summed E-state index contributed by atoms with van der Waals surface area (Å²) in [6.07, 6.45) is 19.8. The van der Waals surface area contributed by atoms with Crippen molar-refractivity contribution < 1.29 is 0 Å². The molecule has 1 aliphatic rings. The summed E-state index contributed by atoms with van der Waals surface area (Å²) >= 11 is 0. The summed E-state index contributed by atoms with van der Waals surface area (Å²) < 4.78 is 0. The molecule has 0 fully saturated rings. The van der Waals surface area contributed by atoms with Crippen LogP contribution >= 0.6 is 0 Å². The van der Waals surface area contributed by atoms with E-state index in [1.807, 2.05) is 0 Å². The second kappa shape index (κ2) is 18.8. The van der Waals surface area contributed by atoms with E-state index in [1.165, 1.54) is 140 Å². The number of hydrogen-bond donors (Lipinski definition) is 0. The number of unbranched alkanes of at least 4 members (excludes halogenated alkanes) is 10. The van der Waals surface area contributed by atoms with Crippen molar-refractivity contribution in [2.45, 2.75) is 142 Å². The van der Waals surface area contributed by atoms with Gasteiger partial charge >= 0.3 is 0 Å². The summed E-state index contributed by atoms with van der Waals surface area (Å²) in [5.74, 6) is 0.562. The maximum absolute atomic E-state index is 2.59. The Kier molecular flexibility index (Phi) is 13.7. The molecule has 0 heterocycles. The second-order valence-electron chi connectivity index (χ2n) is 16.0. The Bertz CT molecular complexity index is 1830. The zero-order valence-corrected chi connectivity index (χ0v) is 33.6. The molecule has 0 amide bonds. The summed E-state index contributed by atoms with van der Waals surface area (Å²) in [5, 5.41) is 0. The van der Waals surface area contributed by atoms with Gasteiger partial charge in [-0.05, 0) is 114 Å². The van der Waals surface area contributed by atoms with Crippen LogP contribution in [0.5, 0.6) is 0 Å². The molecule has 0 aliphatic heterocycles. The minimum Gasteiger partial charge on any atom is -0.311 e. The highest BCUT2D eigenvalue weighted by Gasteiger charge is 2.42.